The number of pyridine rings is 1. The van der Waals surface area contributed by atoms with Crippen LogP contribution in [0.15, 0.2) is 72.4 Å². The van der Waals surface area contributed by atoms with Crippen molar-refractivity contribution < 1.29 is 24.2 Å². The first-order chi connectivity index (χ1) is 16.0. The monoisotopic (exact) mass is 441 g/mol. The van der Waals surface area contributed by atoms with Crippen molar-refractivity contribution in [2.24, 2.45) is 0 Å². The van der Waals surface area contributed by atoms with E-state index in [1.807, 2.05) is 6.07 Å². The van der Waals surface area contributed by atoms with Crippen molar-refractivity contribution >= 4 is 23.1 Å². The number of anilines is 1. The van der Waals surface area contributed by atoms with Crippen LogP contribution in [0.3, 0.4) is 0 Å². The molecule has 3 aromatic rings. The maximum absolute atomic E-state index is 13.2. The van der Waals surface area contributed by atoms with E-state index in [-0.39, 0.29) is 22.6 Å². The van der Waals surface area contributed by atoms with Crippen LogP contribution in [-0.2, 0) is 9.59 Å². The van der Waals surface area contributed by atoms with Gasteiger partial charge in [-0.3, -0.25) is 19.5 Å². The SMILES string of the molecule is COc1ccc(/C(O)=C2/C(=O)C(=O)N(c3ccc(C#N)cc3)C2c2ccccn2)c(OC)c1. The van der Waals surface area contributed by atoms with Crippen molar-refractivity contribution in [1.29, 1.82) is 5.26 Å². The quantitative estimate of drug-likeness (QED) is 0.366. The maximum Gasteiger partial charge on any atom is 0.300 e. The largest absolute Gasteiger partial charge is 0.507 e. The second-order valence-corrected chi connectivity index (χ2v) is 7.15. The molecule has 1 atom stereocenters. The summed E-state index contributed by atoms with van der Waals surface area (Å²) < 4.78 is 10.6. The summed E-state index contributed by atoms with van der Waals surface area (Å²) in [5, 5.41) is 20.3. The Kier molecular flexibility index (Phi) is 5.79. The molecule has 0 spiro atoms. The van der Waals surface area contributed by atoms with E-state index >= 15 is 0 Å². The molecule has 1 aliphatic rings. The molecule has 1 saturated heterocycles. The number of benzene rings is 2. The van der Waals surface area contributed by atoms with Gasteiger partial charge in [-0.05, 0) is 48.5 Å². The van der Waals surface area contributed by atoms with Gasteiger partial charge in [0.25, 0.3) is 11.7 Å². The third-order valence-corrected chi connectivity index (χ3v) is 5.35. The molecular weight excluding hydrogens is 422 g/mol. The molecule has 164 valence electrons. The van der Waals surface area contributed by atoms with Crippen molar-refractivity contribution in [3.05, 3.63) is 89.3 Å². The minimum Gasteiger partial charge on any atom is -0.507 e. The fourth-order valence-electron chi connectivity index (χ4n) is 3.75. The number of carbonyl (C=O) groups is 2. The van der Waals surface area contributed by atoms with Crippen molar-refractivity contribution in [3.63, 3.8) is 0 Å². The second-order valence-electron chi connectivity index (χ2n) is 7.15. The summed E-state index contributed by atoms with van der Waals surface area (Å²) in [4.78, 5) is 31.9. The molecule has 1 unspecified atom stereocenters. The summed E-state index contributed by atoms with van der Waals surface area (Å²) in [6, 6.07) is 17.2. The van der Waals surface area contributed by atoms with Gasteiger partial charge in [0.1, 0.15) is 23.3 Å². The van der Waals surface area contributed by atoms with E-state index in [2.05, 4.69) is 4.98 Å². The van der Waals surface area contributed by atoms with Crippen molar-refractivity contribution in [3.8, 4) is 17.6 Å². The van der Waals surface area contributed by atoms with E-state index in [4.69, 9.17) is 14.7 Å². The zero-order chi connectivity index (χ0) is 23.5. The number of Topliss-reactive ketones (excluding diaryl/α,β-unsaturated/α-hetero) is 1. The Hall–Kier alpha value is -4.64. The number of aliphatic hydroxyl groups is 1. The highest BCUT2D eigenvalue weighted by atomic mass is 16.5. The molecule has 2 heterocycles. The minimum absolute atomic E-state index is 0.119. The van der Waals surface area contributed by atoms with E-state index in [1.165, 1.54) is 19.1 Å². The number of rotatable bonds is 5. The third kappa shape index (κ3) is 3.77. The van der Waals surface area contributed by atoms with E-state index in [0.29, 0.717) is 22.7 Å². The average Bonchev–Trinajstić information content (AvgIpc) is 3.14. The number of amides is 1. The standard InChI is InChI=1S/C25H19N3O5/c1-32-17-10-11-18(20(13-17)33-2)23(29)21-22(19-5-3-4-12-27-19)28(25(31)24(21)30)16-8-6-15(14-26)7-9-16/h3-13,22,29H,1-2H3/b23-21-. The third-order valence-electron chi connectivity index (χ3n) is 5.35. The predicted octanol–water partition coefficient (Wildman–Crippen LogP) is 3.60. The van der Waals surface area contributed by atoms with Gasteiger partial charge in [-0.25, -0.2) is 0 Å². The van der Waals surface area contributed by atoms with E-state index in [9.17, 15) is 14.7 Å². The van der Waals surface area contributed by atoms with Crippen molar-refractivity contribution in [1.82, 2.24) is 4.98 Å². The fourth-order valence-corrected chi connectivity index (χ4v) is 3.75. The summed E-state index contributed by atoms with van der Waals surface area (Å²) in [7, 11) is 2.93. The molecular formula is C25H19N3O5. The Bertz CT molecular complexity index is 1290. The number of nitrogens with zero attached hydrogens (tertiary/aromatic N) is 3. The second kappa shape index (κ2) is 8.85. The molecule has 1 amide bonds. The first-order valence-electron chi connectivity index (χ1n) is 9.94. The molecule has 1 aromatic heterocycles. The molecule has 0 aliphatic carbocycles. The number of hydrogen-bond acceptors (Lipinski definition) is 7. The Balaban J connectivity index is 1.94. The van der Waals surface area contributed by atoms with Gasteiger partial charge < -0.3 is 14.6 Å². The molecule has 4 rings (SSSR count). The molecule has 0 radical (unpaired) electrons. The fraction of sp³-hybridized carbons (Fsp3) is 0.120. The van der Waals surface area contributed by atoms with Crippen LogP contribution in [0, 0.1) is 11.3 Å². The van der Waals surface area contributed by atoms with Gasteiger partial charge in [0.15, 0.2) is 0 Å². The number of carbonyl (C=O) groups excluding carboxylic acids is 2. The van der Waals surface area contributed by atoms with Crippen LogP contribution in [0.5, 0.6) is 11.5 Å². The van der Waals surface area contributed by atoms with Crippen molar-refractivity contribution in [2.45, 2.75) is 6.04 Å². The molecule has 1 aliphatic heterocycles. The van der Waals surface area contributed by atoms with Gasteiger partial charge in [-0.1, -0.05) is 6.07 Å². The highest BCUT2D eigenvalue weighted by Gasteiger charge is 2.47. The number of ether oxygens (including phenoxy) is 2. The minimum atomic E-state index is -0.981. The van der Waals surface area contributed by atoms with Gasteiger partial charge in [-0.15, -0.1) is 0 Å². The van der Waals surface area contributed by atoms with E-state index < -0.39 is 17.7 Å². The van der Waals surface area contributed by atoms with Crippen LogP contribution in [-0.4, -0.2) is 36.0 Å². The zero-order valence-electron chi connectivity index (χ0n) is 17.9. The number of ketones is 1. The molecule has 1 N–H and O–H groups in total. The van der Waals surface area contributed by atoms with E-state index in [1.54, 1.807) is 66.9 Å². The molecule has 8 heteroatoms. The highest BCUT2D eigenvalue weighted by Crippen LogP contribution is 2.43. The lowest BCUT2D eigenvalue weighted by Gasteiger charge is -2.24. The normalized spacial score (nSPS) is 17.0. The number of hydrogen-bond donors (Lipinski definition) is 1. The van der Waals surface area contributed by atoms with Crippen LogP contribution in [0.4, 0.5) is 5.69 Å². The summed E-state index contributed by atoms with van der Waals surface area (Å²) in [6.45, 7) is 0. The number of aliphatic hydroxyl groups excluding tert-OH is 1. The number of methoxy groups -OCH3 is 2. The maximum atomic E-state index is 13.2. The molecule has 1 fully saturated rings. The van der Waals surface area contributed by atoms with Crippen LogP contribution >= 0.6 is 0 Å². The first-order valence-corrected chi connectivity index (χ1v) is 9.94. The molecule has 33 heavy (non-hydrogen) atoms. The van der Waals surface area contributed by atoms with Crippen LogP contribution < -0.4 is 14.4 Å². The lowest BCUT2D eigenvalue weighted by Crippen LogP contribution is -2.29. The Morgan fingerprint density at radius 3 is 2.42 bits per heavy atom. The van der Waals surface area contributed by atoms with E-state index in [0.717, 1.165) is 0 Å². The first kappa shape index (κ1) is 21.6. The molecule has 0 saturated carbocycles. The summed E-state index contributed by atoms with van der Waals surface area (Å²) in [6.07, 6.45) is 1.54. The predicted molar refractivity (Wildman–Crippen MR) is 120 cm³/mol. The molecule has 2 aromatic carbocycles. The highest BCUT2D eigenvalue weighted by molar-refractivity contribution is 6.51. The smallest absolute Gasteiger partial charge is 0.300 e. The van der Waals surface area contributed by atoms with Crippen molar-refractivity contribution in [2.75, 3.05) is 19.1 Å². The van der Waals surface area contributed by atoms with Crippen LogP contribution in [0.25, 0.3) is 5.76 Å². The van der Waals surface area contributed by atoms with Gasteiger partial charge >= 0.3 is 0 Å². The lowest BCUT2D eigenvalue weighted by atomic mass is 9.97. The topological polar surface area (TPSA) is 113 Å². The average molecular weight is 441 g/mol. The molecule has 0 bridgehead atoms. The molecule has 8 nitrogen and oxygen atoms in total. The van der Waals surface area contributed by atoms with Gasteiger partial charge in [0.2, 0.25) is 0 Å². The summed E-state index contributed by atoms with van der Waals surface area (Å²) in [5.74, 6) is -1.28. The lowest BCUT2D eigenvalue weighted by molar-refractivity contribution is -0.132. The van der Waals surface area contributed by atoms with Gasteiger partial charge in [0, 0.05) is 18.0 Å². The van der Waals surface area contributed by atoms with Crippen LogP contribution in [0.1, 0.15) is 22.9 Å². The zero-order valence-corrected chi connectivity index (χ0v) is 17.9. The summed E-state index contributed by atoms with van der Waals surface area (Å²) >= 11 is 0. The van der Waals surface area contributed by atoms with Crippen LogP contribution in [0.2, 0.25) is 0 Å². The van der Waals surface area contributed by atoms with Gasteiger partial charge in [0.05, 0.1) is 42.7 Å². The summed E-state index contributed by atoms with van der Waals surface area (Å²) in [5.41, 5.74) is 1.32. The Morgan fingerprint density at radius 2 is 1.82 bits per heavy atom. The number of aromatic nitrogens is 1. The Morgan fingerprint density at radius 1 is 1.06 bits per heavy atom. The van der Waals surface area contributed by atoms with Gasteiger partial charge in [-0.2, -0.15) is 5.26 Å². The number of nitriles is 1. The Labute approximate surface area is 189 Å².